The van der Waals surface area contributed by atoms with Crippen LogP contribution in [0.1, 0.15) is 11.1 Å². The van der Waals surface area contributed by atoms with Crippen LogP contribution in [0.5, 0.6) is 0 Å². The fourth-order valence-electron chi connectivity index (χ4n) is 3.55. The molecule has 0 spiro atoms. The predicted octanol–water partition coefficient (Wildman–Crippen LogP) is 5.53. The Morgan fingerprint density at radius 1 is 0.968 bits per heavy atom. The summed E-state index contributed by atoms with van der Waals surface area (Å²) in [6, 6.07) is 15.9. The first-order chi connectivity index (χ1) is 14.9. The first-order valence-corrected chi connectivity index (χ1v) is 10.4. The van der Waals surface area contributed by atoms with Crippen LogP contribution < -0.4 is 5.73 Å². The molecule has 0 fully saturated rings. The maximum Gasteiger partial charge on any atom is 0.283 e. The van der Waals surface area contributed by atoms with Gasteiger partial charge in [-0.05, 0) is 48.4 Å². The number of nitrogens with zero attached hydrogens (tertiary/aromatic N) is 2. The highest BCUT2D eigenvalue weighted by Crippen LogP contribution is 2.39. The smallest absolute Gasteiger partial charge is 0.283 e. The van der Waals surface area contributed by atoms with Crippen molar-refractivity contribution in [1.82, 2.24) is 4.57 Å². The molecule has 31 heavy (non-hydrogen) atoms. The van der Waals surface area contributed by atoms with Crippen molar-refractivity contribution < 1.29 is 13.7 Å². The number of hydrogen-bond donors (Lipinski definition) is 1. The minimum Gasteiger partial charge on any atom is -0.342 e. The van der Waals surface area contributed by atoms with Crippen LogP contribution in [0.4, 0.5) is 14.5 Å². The standard InChI is InChI=1S/C23H19F2N3O2S/c24-17-9-16(10-18(25)12-17)13-27-14-23(19-6-5-15(7-8-26)11-21(19)27)31-22-4-2-1-3-20(22)28(29)30/h1-6,9-12,14H,7-8,13,26H2. The van der Waals surface area contributed by atoms with Crippen LogP contribution in [-0.2, 0) is 13.0 Å². The van der Waals surface area contributed by atoms with Gasteiger partial charge in [-0.3, -0.25) is 10.1 Å². The molecule has 0 amide bonds. The van der Waals surface area contributed by atoms with Crippen LogP contribution in [0.25, 0.3) is 10.9 Å². The highest BCUT2D eigenvalue weighted by molar-refractivity contribution is 7.99. The van der Waals surface area contributed by atoms with E-state index in [1.54, 1.807) is 18.2 Å². The van der Waals surface area contributed by atoms with Crippen molar-refractivity contribution in [3.05, 3.63) is 99.7 Å². The number of para-hydroxylation sites is 1. The predicted molar refractivity (Wildman–Crippen MR) is 117 cm³/mol. The minimum absolute atomic E-state index is 0.0281. The highest BCUT2D eigenvalue weighted by Gasteiger charge is 2.17. The number of nitro benzene ring substituents is 1. The van der Waals surface area contributed by atoms with Gasteiger partial charge in [-0.2, -0.15) is 0 Å². The lowest BCUT2D eigenvalue weighted by Crippen LogP contribution is -2.03. The van der Waals surface area contributed by atoms with E-state index >= 15 is 0 Å². The number of aromatic nitrogens is 1. The second-order valence-corrected chi connectivity index (χ2v) is 8.20. The topological polar surface area (TPSA) is 74.1 Å². The summed E-state index contributed by atoms with van der Waals surface area (Å²) < 4.78 is 29.3. The van der Waals surface area contributed by atoms with Gasteiger partial charge < -0.3 is 10.3 Å². The number of nitro groups is 1. The molecule has 1 aromatic heterocycles. The van der Waals surface area contributed by atoms with Gasteiger partial charge in [-0.1, -0.05) is 36.0 Å². The van der Waals surface area contributed by atoms with Crippen LogP contribution in [0.2, 0.25) is 0 Å². The molecule has 3 aromatic carbocycles. The highest BCUT2D eigenvalue weighted by atomic mass is 32.2. The molecule has 0 atom stereocenters. The van der Waals surface area contributed by atoms with E-state index in [1.807, 2.05) is 29.0 Å². The van der Waals surface area contributed by atoms with Crippen LogP contribution in [0, 0.1) is 21.7 Å². The number of fused-ring (bicyclic) bond motifs is 1. The average Bonchev–Trinajstić information content (AvgIpc) is 3.04. The molecule has 0 radical (unpaired) electrons. The van der Waals surface area contributed by atoms with E-state index in [2.05, 4.69) is 0 Å². The normalized spacial score (nSPS) is 11.2. The maximum absolute atomic E-state index is 13.7. The Bertz CT molecular complexity index is 1250. The lowest BCUT2D eigenvalue weighted by molar-refractivity contribution is -0.387. The zero-order valence-electron chi connectivity index (χ0n) is 16.4. The number of hydrogen-bond acceptors (Lipinski definition) is 4. The third-order valence-electron chi connectivity index (χ3n) is 4.90. The molecule has 4 rings (SSSR count). The van der Waals surface area contributed by atoms with E-state index in [0.29, 0.717) is 23.4 Å². The molecule has 0 aliphatic rings. The van der Waals surface area contributed by atoms with Crippen molar-refractivity contribution in [2.75, 3.05) is 6.54 Å². The van der Waals surface area contributed by atoms with Crippen molar-refractivity contribution in [2.24, 2.45) is 5.73 Å². The Balaban J connectivity index is 1.80. The first kappa shape index (κ1) is 21.0. The second-order valence-electron chi connectivity index (χ2n) is 7.12. The third-order valence-corrected chi connectivity index (χ3v) is 6.01. The lowest BCUT2D eigenvalue weighted by atomic mass is 10.1. The fourth-order valence-corrected chi connectivity index (χ4v) is 4.64. The van der Waals surface area contributed by atoms with Gasteiger partial charge in [0.2, 0.25) is 0 Å². The molecule has 2 N–H and O–H groups in total. The molecule has 0 saturated heterocycles. The van der Waals surface area contributed by atoms with E-state index in [-0.39, 0.29) is 12.2 Å². The second kappa shape index (κ2) is 8.87. The fraction of sp³-hybridized carbons (Fsp3) is 0.130. The first-order valence-electron chi connectivity index (χ1n) is 9.62. The molecule has 0 saturated carbocycles. The Morgan fingerprint density at radius 2 is 1.71 bits per heavy atom. The van der Waals surface area contributed by atoms with Crippen molar-refractivity contribution >= 4 is 28.4 Å². The molecule has 0 aliphatic carbocycles. The molecule has 4 aromatic rings. The number of rotatable bonds is 7. The molecule has 1 heterocycles. The van der Waals surface area contributed by atoms with E-state index in [1.165, 1.54) is 30.0 Å². The molecule has 8 heteroatoms. The summed E-state index contributed by atoms with van der Waals surface area (Å²) in [5, 5.41) is 12.3. The molecular formula is C23H19F2N3O2S. The Kier molecular flexibility index (Phi) is 6.01. The summed E-state index contributed by atoms with van der Waals surface area (Å²) in [5.41, 5.74) is 8.12. The summed E-state index contributed by atoms with van der Waals surface area (Å²) >= 11 is 1.29. The maximum atomic E-state index is 13.7. The average molecular weight is 439 g/mol. The number of halogens is 2. The van der Waals surface area contributed by atoms with E-state index < -0.39 is 16.6 Å². The Morgan fingerprint density at radius 3 is 2.42 bits per heavy atom. The van der Waals surface area contributed by atoms with Gasteiger partial charge in [0.1, 0.15) is 11.6 Å². The molecule has 5 nitrogen and oxygen atoms in total. The minimum atomic E-state index is -0.634. The van der Waals surface area contributed by atoms with Crippen LogP contribution >= 0.6 is 11.8 Å². The SMILES string of the molecule is NCCc1ccc2c(Sc3ccccc3[N+](=O)[O-])cn(Cc3cc(F)cc(F)c3)c2c1. The molecule has 0 aliphatic heterocycles. The van der Waals surface area contributed by atoms with Crippen LogP contribution in [-0.4, -0.2) is 16.0 Å². The quantitative estimate of drug-likeness (QED) is 0.304. The van der Waals surface area contributed by atoms with E-state index in [0.717, 1.165) is 27.4 Å². The van der Waals surface area contributed by atoms with Gasteiger partial charge in [0.05, 0.1) is 9.82 Å². The summed E-state index contributed by atoms with van der Waals surface area (Å²) in [4.78, 5) is 12.3. The Labute approximate surface area is 181 Å². The molecule has 0 unspecified atom stereocenters. The zero-order chi connectivity index (χ0) is 22.0. The summed E-state index contributed by atoms with van der Waals surface area (Å²) in [7, 11) is 0. The van der Waals surface area contributed by atoms with E-state index in [4.69, 9.17) is 5.73 Å². The number of nitrogens with two attached hydrogens (primary N) is 1. The van der Waals surface area contributed by atoms with Crippen molar-refractivity contribution in [3.63, 3.8) is 0 Å². The van der Waals surface area contributed by atoms with E-state index in [9.17, 15) is 18.9 Å². The third kappa shape index (κ3) is 4.60. The van der Waals surface area contributed by atoms with Gasteiger partial charge in [0.25, 0.3) is 5.69 Å². The monoisotopic (exact) mass is 439 g/mol. The molecule has 0 bridgehead atoms. The van der Waals surface area contributed by atoms with Gasteiger partial charge in [-0.15, -0.1) is 0 Å². The Hall–Kier alpha value is -3.23. The summed E-state index contributed by atoms with van der Waals surface area (Å²) in [6.45, 7) is 0.758. The van der Waals surface area contributed by atoms with Crippen LogP contribution in [0.3, 0.4) is 0 Å². The summed E-state index contributed by atoms with van der Waals surface area (Å²) in [5.74, 6) is -1.27. The molecule has 158 valence electrons. The van der Waals surface area contributed by atoms with Crippen LogP contribution in [0.15, 0.2) is 76.7 Å². The zero-order valence-corrected chi connectivity index (χ0v) is 17.2. The largest absolute Gasteiger partial charge is 0.342 e. The van der Waals surface area contributed by atoms with Gasteiger partial charge in [0, 0.05) is 40.7 Å². The summed E-state index contributed by atoms with van der Waals surface area (Å²) in [6.07, 6.45) is 2.56. The van der Waals surface area contributed by atoms with Gasteiger partial charge in [0.15, 0.2) is 0 Å². The van der Waals surface area contributed by atoms with Gasteiger partial charge >= 0.3 is 0 Å². The van der Waals surface area contributed by atoms with Crippen molar-refractivity contribution in [2.45, 2.75) is 22.8 Å². The van der Waals surface area contributed by atoms with Crippen molar-refractivity contribution in [3.8, 4) is 0 Å². The lowest BCUT2D eigenvalue weighted by Gasteiger charge is -2.07. The van der Waals surface area contributed by atoms with Crippen molar-refractivity contribution in [1.29, 1.82) is 0 Å². The van der Waals surface area contributed by atoms with Gasteiger partial charge in [-0.25, -0.2) is 8.78 Å². The number of benzene rings is 3. The molecular weight excluding hydrogens is 420 g/mol.